The highest BCUT2D eigenvalue weighted by atomic mass is 16.5. The molecule has 0 fully saturated rings. The van der Waals surface area contributed by atoms with Crippen molar-refractivity contribution in [3.63, 3.8) is 0 Å². The van der Waals surface area contributed by atoms with E-state index in [4.69, 9.17) is 9.72 Å². The summed E-state index contributed by atoms with van der Waals surface area (Å²) >= 11 is 0. The van der Waals surface area contributed by atoms with Gasteiger partial charge in [0.05, 0.1) is 25.0 Å². The van der Waals surface area contributed by atoms with Crippen LogP contribution in [0.2, 0.25) is 0 Å². The summed E-state index contributed by atoms with van der Waals surface area (Å²) in [5.41, 5.74) is 3.70. The van der Waals surface area contributed by atoms with Gasteiger partial charge >= 0.3 is 0 Å². The van der Waals surface area contributed by atoms with Crippen LogP contribution in [0.3, 0.4) is 0 Å². The third-order valence-corrected chi connectivity index (χ3v) is 3.73. The highest BCUT2D eigenvalue weighted by molar-refractivity contribution is 5.22. The lowest BCUT2D eigenvalue weighted by molar-refractivity contribution is 0.395. The summed E-state index contributed by atoms with van der Waals surface area (Å²) in [4.78, 5) is 9.18. The first-order valence-corrected chi connectivity index (χ1v) is 6.82. The van der Waals surface area contributed by atoms with E-state index in [9.17, 15) is 0 Å². The summed E-state index contributed by atoms with van der Waals surface area (Å²) in [6.07, 6.45) is 4.79. The van der Waals surface area contributed by atoms with Gasteiger partial charge in [0, 0.05) is 11.8 Å². The van der Waals surface area contributed by atoms with Gasteiger partial charge in [-0.3, -0.25) is 0 Å². The number of methoxy groups -OCH3 is 1. The minimum atomic E-state index is 0.670. The number of aryl methyl sites for hydroxylation is 2. The molecule has 19 heavy (non-hydrogen) atoms. The number of rotatable bonds is 3. The first-order chi connectivity index (χ1) is 9.28. The molecule has 2 aromatic rings. The van der Waals surface area contributed by atoms with Crippen molar-refractivity contribution in [3.8, 4) is 5.88 Å². The van der Waals surface area contributed by atoms with Gasteiger partial charge in [0.1, 0.15) is 5.82 Å². The van der Waals surface area contributed by atoms with E-state index in [0.29, 0.717) is 5.88 Å². The zero-order chi connectivity index (χ0) is 13.2. The molecule has 0 unspecified atom stereocenters. The fourth-order valence-electron chi connectivity index (χ4n) is 2.77. The van der Waals surface area contributed by atoms with Crippen LogP contribution in [-0.2, 0) is 19.4 Å². The highest BCUT2D eigenvalue weighted by Crippen LogP contribution is 2.23. The van der Waals surface area contributed by atoms with E-state index in [1.807, 2.05) is 18.2 Å². The zero-order valence-corrected chi connectivity index (χ0v) is 11.5. The average molecular weight is 257 g/mol. The first kappa shape index (κ1) is 12.2. The Morgan fingerprint density at radius 2 is 2.05 bits per heavy atom. The smallest absolute Gasteiger partial charge is 0.213 e. The second kappa shape index (κ2) is 5.03. The van der Waals surface area contributed by atoms with Crippen LogP contribution in [0.5, 0.6) is 5.88 Å². The Hall–Kier alpha value is -1.84. The Bertz CT molecular complexity index is 589. The summed E-state index contributed by atoms with van der Waals surface area (Å²) in [5.74, 6) is 1.76. The topological polar surface area (TPSA) is 39.9 Å². The van der Waals surface area contributed by atoms with Crippen molar-refractivity contribution in [3.05, 3.63) is 41.1 Å². The van der Waals surface area contributed by atoms with Crippen molar-refractivity contribution in [2.75, 3.05) is 7.11 Å². The van der Waals surface area contributed by atoms with Crippen LogP contribution in [0.4, 0.5) is 0 Å². The van der Waals surface area contributed by atoms with E-state index in [-0.39, 0.29) is 0 Å². The Morgan fingerprint density at radius 1 is 1.21 bits per heavy atom. The molecule has 4 heteroatoms. The zero-order valence-electron chi connectivity index (χ0n) is 11.5. The second-order valence-corrected chi connectivity index (χ2v) is 5.02. The lowest BCUT2D eigenvalue weighted by Crippen LogP contribution is -2.11. The van der Waals surface area contributed by atoms with Crippen LogP contribution in [-0.4, -0.2) is 21.6 Å². The van der Waals surface area contributed by atoms with E-state index in [1.54, 1.807) is 7.11 Å². The van der Waals surface area contributed by atoms with E-state index in [0.717, 1.165) is 30.9 Å². The maximum absolute atomic E-state index is 5.18. The molecule has 0 spiro atoms. The summed E-state index contributed by atoms with van der Waals surface area (Å²) in [6, 6.07) is 5.90. The van der Waals surface area contributed by atoms with Crippen LogP contribution in [0.25, 0.3) is 0 Å². The van der Waals surface area contributed by atoms with Gasteiger partial charge in [-0.1, -0.05) is 6.07 Å². The van der Waals surface area contributed by atoms with E-state index >= 15 is 0 Å². The Morgan fingerprint density at radius 3 is 2.89 bits per heavy atom. The van der Waals surface area contributed by atoms with Gasteiger partial charge in [0.2, 0.25) is 5.88 Å². The first-order valence-electron chi connectivity index (χ1n) is 6.82. The van der Waals surface area contributed by atoms with Crippen LogP contribution in [0.1, 0.15) is 35.7 Å². The molecule has 2 aromatic heterocycles. The number of nitrogens with zero attached hydrogens (tertiary/aromatic N) is 3. The van der Waals surface area contributed by atoms with Crippen molar-refractivity contribution in [1.29, 1.82) is 0 Å². The Balaban J connectivity index is 1.92. The molecular formula is C15H19N3O. The van der Waals surface area contributed by atoms with Gasteiger partial charge in [-0.05, 0) is 38.7 Å². The van der Waals surface area contributed by atoms with Crippen LogP contribution >= 0.6 is 0 Å². The maximum atomic E-state index is 5.18. The molecule has 2 heterocycles. The van der Waals surface area contributed by atoms with Crippen LogP contribution < -0.4 is 4.74 Å². The second-order valence-electron chi connectivity index (χ2n) is 5.02. The summed E-state index contributed by atoms with van der Waals surface area (Å²) in [5, 5.41) is 0. The fraction of sp³-hybridized carbons (Fsp3) is 0.467. The SMILES string of the molecule is COc1cccc(Cn2c(C)nc3c2CCCC3)n1. The van der Waals surface area contributed by atoms with Crippen molar-refractivity contribution in [2.45, 2.75) is 39.2 Å². The van der Waals surface area contributed by atoms with Crippen LogP contribution in [0.15, 0.2) is 18.2 Å². The molecule has 0 saturated carbocycles. The monoisotopic (exact) mass is 257 g/mol. The fourth-order valence-corrected chi connectivity index (χ4v) is 2.77. The van der Waals surface area contributed by atoms with Gasteiger partial charge in [-0.2, -0.15) is 0 Å². The summed E-state index contributed by atoms with van der Waals surface area (Å²) < 4.78 is 7.48. The third kappa shape index (κ3) is 2.35. The molecule has 0 saturated heterocycles. The molecule has 1 aliphatic rings. The quantitative estimate of drug-likeness (QED) is 0.848. The molecule has 1 aliphatic carbocycles. The highest BCUT2D eigenvalue weighted by Gasteiger charge is 2.18. The predicted molar refractivity (Wildman–Crippen MR) is 73.5 cm³/mol. The number of imidazole rings is 1. The van der Waals surface area contributed by atoms with Gasteiger partial charge in [-0.25, -0.2) is 9.97 Å². The Labute approximate surface area is 113 Å². The maximum Gasteiger partial charge on any atom is 0.213 e. The molecule has 0 atom stereocenters. The molecule has 0 amide bonds. The summed E-state index contributed by atoms with van der Waals surface area (Å²) in [6.45, 7) is 2.86. The molecule has 0 aromatic carbocycles. The molecular weight excluding hydrogens is 238 g/mol. The van der Waals surface area contributed by atoms with Gasteiger partial charge in [-0.15, -0.1) is 0 Å². The number of hydrogen-bond donors (Lipinski definition) is 0. The average Bonchev–Trinajstić information content (AvgIpc) is 2.76. The summed E-state index contributed by atoms with van der Waals surface area (Å²) in [7, 11) is 1.65. The van der Waals surface area contributed by atoms with Crippen LogP contribution in [0, 0.1) is 6.92 Å². The molecule has 4 nitrogen and oxygen atoms in total. The van der Waals surface area contributed by atoms with Gasteiger partial charge < -0.3 is 9.30 Å². The molecule has 0 aliphatic heterocycles. The number of fused-ring (bicyclic) bond motifs is 1. The number of pyridine rings is 1. The van der Waals surface area contributed by atoms with Crippen molar-refractivity contribution in [1.82, 2.24) is 14.5 Å². The predicted octanol–water partition coefficient (Wildman–Crippen LogP) is 2.52. The minimum Gasteiger partial charge on any atom is -0.481 e. The van der Waals surface area contributed by atoms with E-state index < -0.39 is 0 Å². The molecule has 100 valence electrons. The Kier molecular flexibility index (Phi) is 3.23. The number of hydrogen-bond acceptors (Lipinski definition) is 3. The third-order valence-electron chi connectivity index (χ3n) is 3.73. The lowest BCUT2D eigenvalue weighted by Gasteiger charge is -2.14. The normalized spacial score (nSPS) is 14.2. The number of aromatic nitrogens is 3. The van der Waals surface area contributed by atoms with Crippen molar-refractivity contribution >= 4 is 0 Å². The van der Waals surface area contributed by atoms with E-state index in [2.05, 4.69) is 16.5 Å². The standard InChI is InChI=1S/C15H19N3O/c1-11-16-13-7-3-4-8-14(13)18(11)10-12-6-5-9-15(17-12)19-2/h5-6,9H,3-4,7-8,10H2,1-2H3. The van der Waals surface area contributed by atoms with Crippen molar-refractivity contribution in [2.24, 2.45) is 0 Å². The molecule has 0 radical (unpaired) electrons. The van der Waals surface area contributed by atoms with E-state index in [1.165, 1.54) is 24.2 Å². The van der Waals surface area contributed by atoms with Crippen molar-refractivity contribution < 1.29 is 4.74 Å². The molecule has 0 N–H and O–H groups in total. The minimum absolute atomic E-state index is 0.670. The lowest BCUT2D eigenvalue weighted by atomic mass is 10.0. The van der Waals surface area contributed by atoms with Gasteiger partial charge in [0.25, 0.3) is 0 Å². The number of ether oxygens (including phenoxy) is 1. The molecule has 0 bridgehead atoms. The molecule has 3 rings (SSSR count). The largest absolute Gasteiger partial charge is 0.481 e. The van der Waals surface area contributed by atoms with Gasteiger partial charge in [0.15, 0.2) is 0 Å².